The van der Waals surface area contributed by atoms with Crippen molar-refractivity contribution in [1.82, 2.24) is 15.0 Å². The van der Waals surface area contributed by atoms with Gasteiger partial charge in [0, 0.05) is 47.0 Å². The zero-order valence-electron chi connectivity index (χ0n) is 19.5. The third kappa shape index (κ3) is 4.14. The van der Waals surface area contributed by atoms with Gasteiger partial charge in [-0.25, -0.2) is 0 Å². The van der Waals surface area contributed by atoms with E-state index in [2.05, 4.69) is 96.4 Å². The second-order valence-electron chi connectivity index (χ2n) is 9.53. The number of aryl methyl sites for hydroxylation is 1. The van der Waals surface area contributed by atoms with E-state index in [1.54, 1.807) is 0 Å². The molecule has 0 atom stereocenters. The highest BCUT2D eigenvalue weighted by atomic mass is 14.7. The summed E-state index contributed by atoms with van der Waals surface area (Å²) in [5, 5.41) is 2.30. The van der Waals surface area contributed by atoms with Crippen LogP contribution in [0, 0.1) is 6.92 Å². The predicted molar refractivity (Wildman–Crippen MR) is 137 cm³/mol. The molecule has 3 heteroatoms. The molecular formula is C30H27N3. The summed E-state index contributed by atoms with van der Waals surface area (Å²) in [5.74, 6) is 0. The van der Waals surface area contributed by atoms with Crippen LogP contribution in [-0.2, 0) is 5.41 Å². The Kier molecular flexibility index (Phi) is 5.26. The molecule has 0 radical (unpaired) electrons. The van der Waals surface area contributed by atoms with Gasteiger partial charge in [-0.3, -0.25) is 15.0 Å². The number of benzene rings is 2. The molecule has 0 unspecified atom stereocenters. The zero-order valence-corrected chi connectivity index (χ0v) is 19.5. The molecule has 3 heterocycles. The summed E-state index contributed by atoms with van der Waals surface area (Å²) in [7, 11) is 0. The summed E-state index contributed by atoms with van der Waals surface area (Å²) in [5.41, 5.74) is 9.09. The normalized spacial score (nSPS) is 11.6. The molecule has 3 nitrogen and oxygen atoms in total. The highest BCUT2D eigenvalue weighted by molar-refractivity contribution is 6.04. The molecule has 0 spiro atoms. The van der Waals surface area contributed by atoms with Crippen LogP contribution in [0.2, 0.25) is 0 Å². The zero-order chi connectivity index (χ0) is 23.0. The van der Waals surface area contributed by atoms with Gasteiger partial charge in [-0.15, -0.1) is 0 Å². The molecular weight excluding hydrogens is 402 g/mol. The minimum absolute atomic E-state index is 0.0825. The van der Waals surface area contributed by atoms with Crippen LogP contribution >= 0.6 is 0 Å². The molecule has 162 valence electrons. The molecule has 0 aliphatic heterocycles. The molecule has 2 aromatic carbocycles. The fourth-order valence-electron chi connectivity index (χ4n) is 4.22. The lowest BCUT2D eigenvalue weighted by Gasteiger charge is -2.19. The lowest BCUT2D eigenvalue weighted by molar-refractivity contribution is 0.589. The van der Waals surface area contributed by atoms with Crippen LogP contribution in [0.15, 0.2) is 91.5 Å². The largest absolute Gasteiger partial charge is 0.264 e. The quantitative estimate of drug-likeness (QED) is 0.296. The van der Waals surface area contributed by atoms with Crippen LogP contribution in [-0.4, -0.2) is 15.0 Å². The molecule has 0 fully saturated rings. The summed E-state index contributed by atoms with van der Waals surface area (Å²) in [6.45, 7) is 8.70. The number of rotatable bonds is 3. The van der Waals surface area contributed by atoms with E-state index in [-0.39, 0.29) is 5.41 Å². The minimum atomic E-state index is 0.0825. The minimum Gasteiger partial charge on any atom is -0.264 e. The van der Waals surface area contributed by atoms with Crippen molar-refractivity contribution < 1.29 is 0 Å². The van der Waals surface area contributed by atoms with E-state index >= 15 is 0 Å². The third-order valence-electron chi connectivity index (χ3n) is 6.14. The fraction of sp³-hybridized carbons (Fsp3) is 0.167. The second kappa shape index (κ2) is 8.25. The molecule has 0 bridgehead atoms. The summed E-state index contributed by atoms with van der Waals surface area (Å²) in [4.78, 5) is 13.6. The Bertz CT molecular complexity index is 1440. The van der Waals surface area contributed by atoms with Gasteiger partial charge in [0.05, 0.1) is 5.69 Å². The molecule has 0 aliphatic rings. The summed E-state index contributed by atoms with van der Waals surface area (Å²) in [6, 6.07) is 23.6. The number of fused-ring (bicyclic) bond motifs is 1. The van der Waals surface area contributed by atoms with Crippen LogP contribution in [0.5, 0.6) is 0 Å². The SMILES string of the molecule is Cc1ccc(-c2ccc(-c3cccc(-c4cc(C(C)(C)C)ccn4)c3)c3ccncc23)cn1. The average Bonchev–Trinajstić information content (AvgIpc) is 2.84. The Hall–Kier alpha value is -3.85. The average molecular weight is 430 g/mol. The summed E-state index contributed by atoms with van der Waals surface area (Å²) < 4.78 is 0. The van der Waals surface area contributed by atoms with E-state index in [1.165, 1.54) is 22.1 Å². The first kappa shape index (κ1) is 21.0. The van der Waals surface area contributed by atoms with Gasteiger partial charge in [0.2, 0.25) is 0 Å². The topological polar surface area (TPSA) is 38.7 Å². The number of aromatic nitrogens is 3. The van der Waals surface area contributed by atoms with Gasteiger partial charge in [0.15, 0.2) is 0 Å². The van der Waals surface area contributed by atoms with Crippen molar-refractivity contribution in [2.45, 2.75) is 33.1 Å². The monoisotopic (exact) mass is 429 g/mol. The molecule has 0 saturated heterocycles. The van der Waals surface area contributed by atoms with Crippen molar-refractivity contribution in [2.24, 2.45) is 0 Å². The first-order chi connectivity index (χ1) is 15.9. The second-order valence-corrected chi connectivity index (χ2v) is 9.53. The Balaban J connectivity index is 1.63. The van der Waals surface area contributed by atoms with Crippen LogP contribution < -0.4 is 0 Å². The van der Waals surface area contributed by atoms with E-state index in [1.807, 2.05) is 37.8 Å². The summed E-state index contributed by atoms with van der Waals surface area (Å²) >= 11 is 0. The van der Waals surface area contributed by atoms with Gasteiger partial charge in [-0.2, -0.15) is 0 Å². The van der Waals surface area contributed by atoms with E-state index in [9.17, 15) is 0 Å². The Morgan fingerprint density at radius 2 is 1.42 bits per heavy atom. The Labute approximate surface area is 195 Å². The van der Waals surface area contributed by atoms with Gasteiger partial charge in [0.25, 0.3) is 0 Å². The van der Waals surface area contributed by atoms with Crippen LogP contribution in [0.25, 0.3) is 44.3 Å². The first-order valence-electron chi connectivity index (χ1n) is 11.3. The van der Waals surface area contributed by atoms with Crippen molar-refractivity contribution in [3.8, 4) is 33.5 Å². The number of pyridine rings is 3. The van der Waals surface area contributed by atoms with Crippen molar-refractivity contribution in [3.63, 3.8) is 0 Å². The van der Waals surface area contributed by atoms with Gasteiger partial charge < -0.3 is 0 Å². The summed E-state index contributed by atoms with van der Waals surface area (Å²) in [6.07, 6.45) is 7.66. The predicted octanol–water partition coefficient (Wildman–Crippen LogP) is 7.63. The molecule has 5 rings (SSSR count). The molecule has 5 aromatic rings. The maximum absolute atomic E-state index is 4.66. The molecule has 0 amide bonds. The number of hydrogen-bond acceptors (Lipinski definition) is 3. The van der Waals surface area contributed by atoms with Gasteiger partial charge >= 0.3 is 0 Å². The molecule has 3 aromatic heterocycles. The fourth-order valence-corrected chi connectivity index (χ4v) is 4.22. The molecule has 0 saturated carbocycles. The van der Waals surface area contributed by atoms with Crippen molar-refractivity contribution >= 4 is 10.8 Å². The van der Waals surface area contributed by atoms with Crippen molar-refractivity contribution in [3.05, 3.63) is 103 Å². The highest BCUT2D eigenvalue weighted by Crippen LogP contribution is 2.36. The van der Waals surface area contributed by atoms with E-state index in [0.29, 0.717) is 0 Å². The smallest absolute Gasteiger partial charge is 0.0705 e. The molecule has 0 aliphatic carbocycles. The first-order valence-corrected chi connectivity index (χ1v) is 11.3. The van der Waals surface area contributed by atoms with Gasteiger partial charge in [-0.05, 0) is 70.3 Å². The maximum atomic E-state index is 4.66. The van der Waals surface area contributed by atoms with Crippen LogP contribution in [0.3, 0.4) is 0 Å². The van der Waals surface area contributed by atoms with Crippen LogP contribution in [0.4, 0.5) is 0 Å². The Morgan fingerprint density at radius 3 is 2.18 bits per heavy atom. The lowest BCUT2D eigenvalue weighted by Crippen LogP contribution is -2.11. The van der Waals surface area contributed by atoms with Crippen molar-refractivity contribution in [1.29, 1.82) is 0 Å². The van der Waals surface area contributed by atoms with Crippen molar-refractivity contribution in [2.75, 3.05) is 0 Å². The van der Waals surface area contributed by atoms with Gasteiger partial charge in [0.1, 0.15) is 0 Å². The third-order valence-corrected chi connectivity index (χ3v) is 6.14. The molecule has 33 heavy (non-hydrogen) atoms. The van der Waals surface area contributed by atoms with Crippen LogP contribution in [0.1, 0.15) is 32.0 Å². The van der Waals surface area contributed by atoms with E-state index in [0.717, 1.165) is 33.5 Å². The van der Waals surface area contributed by atoms with Gasteiger partial charge in [-0.1, -0.05) is 57.2 Å². The number of nitrogens with zero attached hydrogens (tertiary/aromatic N) is 3. The standard InChI is InChI=1S/C30H27N3/c1-20-8-9-23(18-33-20)26-11-10-25(27-13-14-31-19-28(26)27)21-6-5-7-22(16-21)29-17-24(12-15-32-29)30(2,3)4/h5-19H,1-4H3. The maximum Gasteiger partial charge on any atom is 0.0705 e. The highest BCUT2D eigenvalue weighted by Gasteiger charge is 2.15. The Morgan fingerprint density at radius 1 is 0.636 bits per heavy atom. The number of hydrogen-bond donors (Lipinski definition) is 0. The van der Waals surface area contributed by atoms with E-state index < -0.39 is 0 Å². The van der Waals surface area contributed by atoms with E-state index in [4.69, 9.17) is 0 Å². The molecule has 0 N–H and O–H groups in total. The lowest BCUT2D eigenvalue weighted by atomic mass is 9.86.